The molecule has 1 unspecified atom stereocenters. The molecule has 1 aliphatic rings. The maximum Gasteiger partial charge on any atom is 0.443 e. The van der Waals surface area contributed by atoms with Crippen LogP contribution in [0.15, 0.2) is 6.20 Å². The van der Waals surface area contributed by atoms with E-state index in [-0.39, 0.29) is 19.1 Å². The van der Waals surface area contributed by atoms with Crippen LogP contribution in [0, 0.1) is 0 Å². The van der Waals surface area contributed by atoms with Crippen molar-refractivity contribution in [3.63, 3.8) is 0 Å². The number of morpholine rings is 1. The van der Waals surface area contributed by atoms with Gasteiger partial charge in [0.15, 0.2) is 5.01 Å². The van der Waals surface area contributed by atoms with E-state index in [4.69, 9.17) is 4.74 Å². The van der Waals surface area contributed by atoms with Gasteiger partial charge >= 0.3 is 6.18 Å². The summed E-state index contributed by atoms with van der Waals surface area (Å²) in [7, 11) is 0. The Morgan fingerprint density at radius 1 is 1.56 bits per heavy atom. The van der Waals surface area contributed by atoms with Crippen LogP contribution in [0.5, 0.6) is 0 Å². The molecule has 1 N–H and O–H groups in total. The standard InChI is InChI=1S/C8H7F3N2O2S/c9-8(10,11)7-13-2-5(16-7)4-1-12-6(14)3-15-4/h2,4H,1,3H2,(H,12,14). The lowest BCUT2D eigenvalue weighted by molar-refractivity contribution is -0.137. The number of alkyl halides is 3. The van der Waals surface area contributed by atoms with Crippen molar-refractivity contribution in [1.82, 2.24) is 10.3 Å². The number of hydrogen-bond donors (Lipinski definition) is 1. The molecule has 2 rings (SSSR count). The van der Waals surface area contributed by atoms with Gasteiger partial charge in [0.2, 0.25) is 5.91 Å². The number of rotatable bonds is 1. The third-order valence-electron chi connectivity index (χ3n) is 1.98. The molecule has 0 spiro atoms. The van der Waals surface area contributed by atoms with Crippen LogP contribution in [-0.2, 0) is 15.7 Å². The minimum absolute atomic E-state index is 0.135. The van der Waals surface area contributed by atoms with Crippen molar-refractivity contribution in [1.29, 1.82) is 0 Å². The van der Waals surface area contributed by atoms with Crippen LogP contribution in [0.3, 0.4) is 0 Å². The number of ether oxygens (including phenoxy) is 1. The highest BCUT2D eigenvalue weighted by Gasteiger charge is 2.35. The van der Waals surface area contributed by atoms with Gasteiger partial charge in [-0.2, -0.15) is 13.2 Å². The molecule has 4 nitrogen and oxygen atoms in total. The van der Waals surface area contributed by atoms with Gasteiger partial charge in [-0.25, -0.2) is 4.98 Å². The van der Waals surface area contributed by atoms with Crippen molar-refractivity contribution in [2.75, 3.05) is 13.2 Å². The number of amides is 1. The predicted molar refractivity (Wildman–Crippen MR) is 48.8 cm³/mol. The summed E-state index contributed by atoms with van der Waals surface area (Å²) in [6.45, 7) is 0.0439. The maximum atomic E-state index is 12.3. The van der Waals surface area contributed by atoms with E-state index in [9.17, 15) is 18.0 Å². The number of thiazole rings is 1. The molecule has 1 aromatic rings. The first kappa shape index (κ1) is 11.3. The number of nitrogens with zero attached hydrogens (tertiary/aromatic N) is 1. The normalized spacial score (nSPS) is 21.9. The molecule has 0 radical (unpaired) electrons. The van der Waals surface area contributed by atoms with E-state index in [1.165, 1.54) is 0 Å². The lowest BCUT2D eigenvalue weighted by Crippen LogP contribution is -2.38. The molecule has 88 valence electrons. The number of nitrogens with one attached hydrogen (secondary N) is 1. The van der Waals surface area contributed by atoms with Gasteiger partial charge in [0.25, 0.3) is 0 Å². The number of halogens is 3. The van der Waals surface area contributed by atoms with Gasteiger partial charge in [-0.15, -0.1) is 11.3 Å². The molecule has 1 aliphatic heterocycles. The monoisotopic (exact) mass is 252 g/mol. The minimum Gasteiger partial charge on any atom is -0.361 e. The zero-order valence-electron chi connectivity index (χ0n) is 7.87. The van der Waals surface area contributed by atoms with Gasteiger partial charge in [0.1, 0.15) is 12.7 Å². The summed E-state index contributed by atoms with van der Waals surface area (Å²) in [6, 6.07) is 0. The Kier molecular flexibility index (Phi) is 2.85. The number of carbonyl (C=O) groups excluding carboxylic acids is 1. The average Bonchev–Trinajstić information content (AvgIpc) is 2.67. The van der Waals surface area contributed by atoms with Gasteiger partial charge < -0.3 is 10.1 Å². The van der Waals surface area contributed by atoms with Crippen molar-refractivity contribution in [3.8, 4) is 0 Å². The minimum atomic E-state index is -4.43. The first-order chi connectivity index (χ1) is 7.47. The van der Waals surface area contributed by atoms with Crippen molar-refractivity contribution < 1.29 is 22.7 Å². The smallest absolute Gasteiger partial charge is 0.361 e. The topological polar surface area (TPSA) is 51.2 Å². The van der Waals surface area contributed by atoms with Crippen LogP contribution in [0.25, 0.3) is 0 Å². The van der Waals surface area contributed by atoms with Crippen molar-refractivity contribution in [2.45, 2.75) is 12.3 Å². The Hall–Kier alpha value is -1.15. The van der Waals surface area contributed by atoms with Gasteiger partial charge in [-0.1, -0.05) is 0 Å². The SMILES string of the molecule is O=C1COC(c2cnc(C(F)(F)F)s2)CN1. The van der Waals surface area contributed by atoms with E-state index in [2.05, 4.69) is 10.3 Å². The quantitative estimate of drug-likeness (QED) is 0.820. The van der Waals surface area contributed by atoms with Gasteiger partial charge in [-0.3, -0.25) is 4.79 Å². The number of aromatic nitrogens is 1. The molecule has 0 bridgehead atoms. The fraction of sp³-hybridized carbons (Fsp3) is 0.500. The Bertz CT molecular complexity index is 394. The van der Waals surface area contributed by atoms with E-state index in [0.717, 1.165) is 6.20 Å². The van der Waals surface area contributed by atoms with E-state index < -0.39 is 17.3 Å². The highest BCUT2D eigenvalue weighted by Crippen LogP contribution is 2.35. The summed E-state index contributed by atoms with van der Waals surface area (Å²) < 4.78 is 41.9. The molecule has 8 heteroatoms. The molecule has 1 fully saturated rings. The number of hydrogen-bond acceptors (Lipinski definition) is 4. The molecule has 16 heavy (non-hydrogen) atoms. The van der Waals surface area contributed by atoms with E-state index in [1.54, 1.807) is 0 Å². The van der Waals surface area contributed by atoms with E-state index in [1.807, 2.05) is 0 Å². The summed E-state index contributed by atoms with van der Waals surface area (Å²) in [5.41, 5.74) is 0. The highest BCUT2D eigenvalue weighted by molar-refractivity contribution is 7.11. The Morgan fingerprint density at radius 2 is 2.31 bits per heavy atom. The molecule has 1 atom stereocenters. The Balaban J connectivity index is 2.10. The third-order valence-corrected chi connectivity index (χ3v) is 3.12. The number of carbonyl (C=O) groups is 1. The third kappa shape index (κ3) is 2.33. The summed E-state index contributed by atoms with van der Waals surface area (Å²) in [5, 5.41) is 1.61. The van der Waals surface area contributed by atoms with Crippen LogP contribution in [0.2, 0.25) is 0 Å². The molecule has 0 saturated carbocycles. The fourth-order valence-electron chi connectivity index (χ4n) is 1.24. The van der Waals surface area contributed by atoms with Gasteiger partial charge in [0.05, 0.1) is 4.88 Å². The zero-order valence-corrected chi connectivity index (χ0v) is 8.69. The molecule has 1 aromatic heterocycles. The predicted octanol–water partition coefficient (Wildman–Crippen LogP) is 1.35. The summed E-state index contributed by atoms with van der Waals surface area (Å²) in [6.07, 6.45) is -3.83. The zero-order chi connectivity index (χ0) is 11.8. The molecule has 2 heterocycles. The van der Waals surface area contributed by atoms with Crippen LogP contribution in [-0.4, -0.2) is 24.0 Å². The second-order valence-electron chi connectivity index (χ2n) is 3.17. The van der Waals surface area contributed by atoms with Crippen LogP contribution < -0.4 is 5.32 Å². The summed E-state index contributed by atoms with van der Waals surface area (Å²) >= 11 is 0.535. The van der Waals surface area contributed by atoms with Crippen molar-refractivity contribution in [2.24, 2.45) is 0 Å². The van der Waals surface area contributed by atoms with Crippen molar-refractivity contribution in [3.05, 3.63) is 16.1 Å². The maximum absolute atomic E-state index is 12.3. The lowest BCUT2D eigenvalue weighted by Gasteiger charge is -2.21. The molecule has 0 aromatic carbocycles. The second-order valence-corrected chi connectivity index (χ2v) is 4.23. The molecular weight excluding hydrogens is 245 g/mol. The lowest BCUT2D eigenvalue weighted by atomic mass is 10.3. The largest absolute Gasteiger partial charge is 0.443 e. The summed E-state index contributed by atoms with van der Waals surface area (Å²) in [5.74, 6) is -0.267. The van der Waals surface area contributed by atoms with E-state index in [0.29, 0.717) is 16.2 Å². The van der Waals surface area contributed by atoms with Crippen LogP contribution in [0.4, 0.5) is 13.2 Å². The first-order valence-electron chi connectivity index (χ1n) is 4.38. The molecule has 1 saturated heterocycles. The molecular formula is C8H7F3N2O2S. The van der Waals surface area contributed by atoms with Crippen LogP contribution >= 0.6 is 11.3 Å². The highest BCUT2D eigenvalue weighted by atomic mass is 32.1. The Labute approximate surface area is 92.4 Å². The molecule has 0 aliphatic carbocycles. The second kappa shape index (κ2) is 4.02. The average molecular weight is 252 g/mol. The van der Waals surface area contributed by atoms with E-state index >= 15 is 0 Å². The fourth-order valence-corrected chi connectivity index (χ4v) is 2.07. The molecule has 1 amide bonds. The van der Waals surface area contributed by atoms with Gasteiger partial charge in [0, 0.05) is 12.7 Å². The Morgan fingerprint density at radius 3 is 2.81 bits per heavy atom. The summed E-state index contributed by atoms with van der Waals surface area (Å²) in [4.78, 5) is 14.4. The van der Waals surface area contributed by atoms with Gasteiger partial charge in [-0.05, 0) is 0 Å². The first-order valence-corrected chi connectivity index (χ1v) is 5.19. The van der Waals surface area contributed by atoms with Crippen molar-refractivity contribution >= 4 is 17.2 Å². The van der Waals surface area contributed by atoms with Crippen LogP contribution in [0.1, 0.15) is 16.0 Å².